The number of rotatable bonds is 5. The molecule has 0 radical (unpaired) electrons. The van der Waals surface area contributed by atoms with E-state index in [1.54, 1.807) is 4.90 Å². The average Bonchev–Trinajstić information content (AvgIpc) is 3.38. The molecule has 0 spiro atoms. The van der Waals surface area contributed by atoms with Gasteiger partial charge in [-0.05, 0) is 43.9 Å². The molecular formula is C19H27ClN4O. The molecule has 1 heterocycles. The normalized spacial score (nSPS) is 22.7. The second kappa shape index (κ2) is 7.65. The Kier molecular flexibility index (Phi) is 5.52. The van der Waals surface area contributed by atoms with Gasteiger partial charge in [0.15, 0.2) is 5.96 Å². The van der Waals surface area contributed by atoms with Gasteiger partial charge in [-0.1, -0.05) is 23.7 Å². The van der Waals surface area contributed by atoms with E-state index in [9.17, 15) is 4.79 Å². The summed E-state index contributed by atoms with van der Waals surface area (Å²) in [6, 6.07) is 8.39. The molecule has 2 fully saturated rings. The number of amides is 1. The van der Waals surface area contributed by atoms with Crippen molar-refractivity contribution in [1.82, 2.24) is 15.5 Å². The molecule has 1 atom stereocenters. The summed E-state index contributed by atoms with van der Waals surface area (Å²) in [5.41, 5.74) is 1.41. The zero-order chi connectivity index (χ0) is 17.9. The van der Waals surface area contributed by atoms with E-state index in [-0.39, 0.29) is 17.4 Å². The predicted octanol–water partition coefficient (Wildman–Crippen LogP) is 2.55. The van der Waals surface area contributed by atoms with Gasteiger partial charge in [0.05, 0.1) is 6.54 Å². The molecule has 1 amide bonds. The molecule has 3 rings (SSSR count). The summed E-state index contributed by atoms with van der Waals surface area (Å²) in [4.78, 5) is 18.3. The Morgan fingerprint density at radius 2 is 2.24 bits per heavy atom. The van der Waals surface area contributed by atoms with Crippen LogP contribution < -0.4 is 10.6 Å². The van der Waals surface area contributed by atoms with Crippen LogP contribution in [-0.2, 0) is 10.2 Å². The van der Waals surface area contributed by atoms with E-state index >= 15 is 0 Å². The summed E-state index contributed by atoms with van der Waals surface area (Å²) in [6.07, 6.45) is 3.75. The lowest BCUT2D eigenvalue weighted by Gasteiger charge is -2.31. The quantitative estimate of drug-likeness (QED) is 0.625. The molecule has 0 aromatic heterocycles. The lowest BCUT2D eigenvalue weighted by atomic mass is 9.96. The third-order valence-electron chi connectivity index (χ3n) is 5.14. The second-order valence-electron chi connectivity index (χ2n) is 7.14. The summed E-state index contributed by atoms with van der Waals surface area (Å²) >= 11 is 6.15. The fraction of sp³-hybridized carbons (Fsp3) is 0.579. The number of piperidine rings is 1. The Morgan fingerprint density at radius 3 is 2.88 bits per heavy atom. The number of aliphatic imine (C=N–C) groups is 1. The Bertz CT molecular complexity index is 657. The topological polar surface area (TPSA) is 56.7 Å². The van der Waals surface area contributed by atoms with E-state index in [1.165, 1.54) is 5.56 Å². The van der Waals surface area contributed by atoms with E-state index < -0.39 is 0 Å². The first-order chi connectivity index (χ1) is 12.0. The van der Waals surface area contributed by atoms with Gasteiger partial charge in [0.25, 0.3) is 0 Å². The molecule has 1 aromatic carbocycles. The maximum Gasteiger partial charge on any atom is 0.222 e. The van der Waals surface area contributed by atoms with Gasteiger partial charge in [0.1, 0.15) is 0 Å². The molecular weight excluding hydrogens is 336 g/mol. The summed E-state index contributed by atoms with van der Waals surface area (Å²) < 4.78 is 0. The number of guanidine groups is 1. The number of carbonyl (C=O) groups excluding carboxylic acids is 1. The molecule has 1 saturated heterocycles. The fourth-order valence-corrected chi connectivity index (χ4v) is 3.57. The van der Waals surface area contributed by atoms with E-state index in [0.29, 0.717) is 6.42 Å². The van der Waals surface area contributed by atoms with Crippen LogP contribution in [0.5, 0.6) is 0 Å². The fourth-order valence-electron chi connectivity index (χ4n) is 3.38. The first kappa shape index (κ1) is 18.1. The number of nitrogens with zero attached hydrogens (tertiary/aromatic N) is 2. The molecule has 1 saturated carbocycles. The minimum absolute atomic E-state index is 0.132. The molecule has 2 aliphatic rings. The van der Waals surface area contributed by atoms with Gasteiger partial charge in [-0.15, -0.1) is 0 Å². The zero-order valence-corrected chi connectivity index (χ0v) is 15.8. The highest BCUT2D eigenvalue weighted by Gasteiger charge is 2.44. The smallest absolute Gasteiger partial charge is 0.222 e. The molecule has 136 valence electrons. The van der Waals surface area contributed by atoms with E-state index in [1.807, 2.05) is 19.2 Å². The molecule has 1 aliphatic heterocycles. The van der Waals surface area contributed by atoms with Gasteiger partial charge in [-0.2, -0.15) is 0 Å². The molecule has 0 bridgehead atoms. The van der Waals surface area contributed by atoms with Crippen molar-refractivity contribution < 1.29 is 4.79 Å². The highest BCUT2D eigenvalue weighted by molar-refractivity contribution is 6.30. The first-order valence-corrected chi connectivity index (χ1v) is 9.45. The first-order valence-electron chi connectivity index (χ1n) is 9.07. The van der Waals surface area contributed by atoms with Gasteiger partial charge in [-0.3, -0.25) is 9.79 Å². The Labute approximate surface area is 154 Å². The van der Waals surface area contributed by atoms with Crippen molar-refractivity contribution in [1.29, 1.82) is 0 Å². The summed E-state index contributed by atoms with van der Waals surface area (Å²) in [5.74, 6) is 1.06. The summed E-state index contributed by atoms with van der Waals surface area (Å²) in [6.45, 7) is 4.36. The highest BCUT2D eigenvalue weighted by Crippen LogP contribution is 2.48. The van der Waals surface area contributed by atoms with Crippen molar-refractivity contribution in [3.8, 4) is 0 Å². The minimum Gasteiger partial charge on any atom is -0.357 e. The van der Waals surface area contributed by atoms with E-state index in [2.05, 4.69) is 29.7 Å². The molecule has 6 heteroatoms. The highest BCUT2D eigenvalue weighted by atomic mass is 35.5. The standard InChI is InChI=1S/C19H27ClN4O/c1-3-21-18(23-16-7-8-17(25)24(2)12-16)22-13-19(9-10-19)14-5-4-6-15(20)11-14/h4-6,11,16H,3,7-10,12-13H2,1-2H3,(H2,21,22,23). The number of halogens is 1. The van der Waals surface area contributed by atoms with Crippen molar-refractivity contribution >= 4 is 23.5 Å². The van der Waals surface area contributed by atoms with Crippen molar-refractivity contribution in [2.75, 3.05) is 26.7 Å². The van der Waals surface area contributed by atoms with Crippen LogP contribution in [0.3, 0.4) is 0 Å². The number of hydrogen-bond donors (Lipinski definition) is 2. The zero-order valence-electron chi connectivity index (χ0n) is 15.0. The largest absolute Gasteiger partial charge is 0.357 e. The van der Waals surface area contributed by atoms with Crippen LogP contribution in [0.15, 0.2) is 29.3 Å². The van der Waals surface area contributed by atoms with Crippen LogP contribution in [0, 0.1) is 0 Å². The van der Waals surface area contributed by atoms with Crippen LogP contribution >= 0.6 is 11.6 Å². The van der Waals surface area contributed by atoms with Gasteiger partial charge < -0.3 is 15.5 Å². The summed E-state index contributed by atoms with van der Waals surface area (Å²) in [7, 11) is 1.86. The van der Waals surface area contributed by atoms with Gasteiger partial charge >= 0.3 is 0 Å². The Hall–Kier alpha value is -1.75. The maximum absolute atomic E-state index is 11.6. The number of benzene rings is 1. The number of hydrogen-bond acceptors (Lipinski definition) is 2. The molecule has 5 nitrogen and oxygen atoms in total. The number of likely N-dealkylation sites (N-methyl/N-ethyl adjacent to an activating group) is 1. The minimum atomic E-state index is 0.132. The molecule has 2 N–H and O–H groups in total. The van der Waals surface area contributed by atoms with E-state index in [0.717, 1.165) is 49.9 Å². The number of likely N-dealkylation sites (tertiary alicyclic amines) is 1. The van der Waals surface area contributed by atoms with Crippen molar-refractivity contribution in [3.05, 3.63) is 34.9 Å². The van der Waals surface area contributed by atoms with E-state index in [4.69, 9.17) is 16.6 Å². The SMILES string of the molecule is CCNC(=NCC1(c2cccc(Cl)c2)CC1)NC1CCC(=O)N(C)C1. The predicted molar refractivity (Wildman–Crippen MR) is 102 cm³/mol. The van der Waals surface area contributed by atoms with Crippen LogP contribution in [0.4, 0.5) is 0 Å². The van der Waals surface area contributed by atoms with Crippen LogP contribution in [0.1, 0.15) is 38.2 Å². The van der Waals surface area contributed by atoms with Gasteiger partial charge in [0.2, 0.25) is 5.91 Å². The third kappa shape index (κ3) is 4.46. The van der Waals surface area contributed by atoms with Crippen molar-refractivity contribution in [2.45, 2.75) is 44.1 Å². The summed E-state index contributed by atoms with van der Waals surface area (Å²) in [5, 5.41) is 7.60. The maximum atomic E-state index is 11.6. The van der Waals surface area contributed by atoms with Crippen LogP contribution in [0.2, 0.25) is 5.02 Å². The molecule has 1 unspecified atom stereocenters. The lowest BCUT2D eigenvalue weighted by Crippen LogP contribution is -2.51. The molecule has 1 aliphatic carbocycles. The van der Waals surface area contributed by atoms with Crippen LogP contribution in [0.25, 0.3) is 0 Å². The Morgan fingerprint density at radius 1 is 1.44 bits per heavy atom. The number of carbonyl (C=O) groups is 1. The molecule has 25 heavy (non-hydrogen) atoms. The Balaban J connectivity index is 1.65. The lowest BCUT2D eigenvalue weighted by molar-refractivity contribution is -0.132. The number of nitrogens with one attached hydrogen (secondary N) is 2. The van der Waals surface area contributed by atoms with Crippen molar-refractivity contribution in [3.63, 3.8) is 0 Å². The second-order valence-corrected chi connectivity index (χ2v) is 7.58. The van der Waals surface area contributed by atoms with Crippen molar-refractivity contribution in [2.24, 2.45) is 4.99 Å². The van der Waals surface area contributed by atoms with Gasteiger partial charge in [-0.25, -0.2) is 0 Å². The van der Waals surface area contributed by atoms with Gasteiger partial charge in [0, 0.05) is 43.0 Å². The monoisotopic (exact) mass is 362 g/mol. The average molecular weight is 363 g/mol. The van der Waals surface area contributed by atoms with Crippen LogP contribution in [-0.4, -0.2) is 49.5 Å². The molecule has 1 aromatic rings. The third-order valence-corrected chi connectivity index (χ3v) is 5.38.